The van der Waals surface area contributed by atoms with Crippen LogP contribution in [0.5, 0.6) is 0 Å². The number of rotatable bonds is 4. The first-order chi connectivity index (χ1) is 11.1. The van der Waals surface area contributed by atoms with Gasteiger partial charge < -0.3 is 19.5 Å². The molecule has 1 aliphatic heterocycles. The van der Waals surface area contributed by atoms with E-state index in [0.29, 0.717) is 36.9 Å². The molecule has 2 heterocycles. The molecule has 2 aromatic rings. The van der Waals surface area contributed by atoms with Crippen LogP contribution in [-0.4, -0.2) is 47.7 Å². The fourth-order valence-electron chi connectivity index (χ4n) is 2.41. The second kappa shape index (κ2) is 6.07. The Morgan fingerprint density at radius 2 is 2.26 bits per heavy atom. The largest absolute Gasteiger partial charge is 0.453 e. The van der Waals surface area contributed by atoms with Gasteiger partial charge in [0.15, 0.2) is 0 Å². The quantitative estimate of drug-likeness (QED) is 0.863. The van der Waals surface area contributed by atoms with Crippen molar-refractivity contribution in [2.45, 2.75) is 12.8 Å². The zero-order valence-corrected chi connectivity index (χ0v) is 12.8. The molecular weight excluding hydrogens is 300 g/mol. The molecule has 1 aromatic carbocycles. The summed E-state index contributed by atoms with van der Waals surface area (Å²) >= 11 is 0. The summed E-state index contributed by atoms with van der Waals surface area (Å²) in [6.07, 6.45) is 0.271. The van der Waals surface area contributed by atoms with Crippen LogP contribution in [0.4, 0.5) is 10.5 Å². The van der Waals surface area contributed by atoms with E-state index in [-0.39, 0.29) is 12.0 Å². The predicted molar refractivity (Wildman–Crippen MR) is 80.9 cm³/mol. The van der Waals surface area contributed by atoms with Crippen molar-refractivity contribution in [3.05, 3.63) is 29.7 Å². The number of aryl methyl sites for hydroxylation is 1. The number of benzene rings is 1. The SMILES string of the molecule is COC(=O)N1CC(c2nc(-c3ccc(C)c(NC=O)c3)no2)C1. The number of hydrogen-bond donors (Lipinski definition) is 1. The first-order valence-corrected chi connectivity index (χ1v) is 7.10. The smallest absolute Gasteiger partial charge is 0.409 e. The van der Waals surface area contributed by atoms with Crippen molar-refractivity contribution >= 4 is 18.2 Å². The maximum atomic E-state index is 11.3. The van der Waals surface area contributed by atoms with Gasteiger partial charge >= 0.3 is 6.09 Å². The molecule has 0 unspecified atom stereocenters. The average Bonchev–Trinajstić information content (AvgIpc) is 2.97. The van der Waals surface area contributed by atoms with Gasteiger partial charge in [0.1, 0.15) is 0 Å². The summed E-state index contributed by atoms with van der Waals surface area (Å²) in [7, 11) is 1.35. The fourth-order valence-corrected chi connectivity index (χ4v) is 2.41. The standard InChI is InChI=1S/C15H16N4O4/c1-9-3-4-10(5-12(9)16-8-20)13-17-14(23-18-13)11-6-19(7-11)15(21)22-2/h3-5,8,11H,6-7H2,1-2H3,(H,16,20). The molecule has 0 radical (unpaired) electrons. The Hall–Kier alpha value is -2.90. The second-order valence-electron chi connectivity index (χ2n) is 5.32. The summed E-state index contributed by atoms with van der Waals surface area (Å²) in [5, 5.41) is 6.61. The van der Waals surface area contributed by atoms with E-state index in [1.54, 1.807) is 11.0 Å². The molecule has 3 rings (SSSR count). The Balaban J connectivity index is 1.74. The van der Waals surface area contributed by atoms with Crippen molar-refractivity contribution in [1.82, 2.24) is 15.0 Å². The van der Waals surface area contributed by atoms with Gasteiger partial charge in [-0.1, -0.05) is 17.3 Å². The topological polar surface area (TPSA) is 97.6 Å². The summed E-state index contributed by atoms with van der Waals surface area (Å²) < 4.78 is 9.93. The first kappa shape index (κ1) is 15.0. The number of methoxy groups -OCH3 is 1. The van der Waals surface area contributed by atoms with Crippen molar-refractivity contribution in [3.63, 3.8) is 0 Å². The summed E-state index contributed by atoms with van der Waals surface area (Å²) in [6.45, 7) is 2.90. The van der Waals surface area contributed by atoms with Gasteiger partial charge in [-0.15, -0.1) is 0 Å². The molecule has 1 aromatic heterocycles. The van der Waals surface area contributed by atoms with Gasteiger partial charge in [0.2, 0.25) is 18.1 Å². The molecule has 1 saturated heterocycles. The lowest BCUT2D eigenvalue weighted by Gasteiger charge is -2.35. The highest BCUT2D eigenvalue weighted by atomic mass is 16.5. The lowest BCUT2D eigenvalue weighted by Crippen LogP contribution is -2.48. The zero-order chi connectivity index (χ0) is 16.4. The maximum absolute atomic E-state index is 11.3. The number of nitrogens with zero attached hydrogens (tertiary/aromatic N) is 3. The van der Waals surface area contributed by atoms with Crippen LogP contribution in [0.1, 0.15) is 17.4 Å². The summed E-state index contributed by atoms with van der Waals surface area (Å²) in [5.74, 6) is 0.962. The summed E-state index contributed by atoms with van der Waals surface area (Å²) in [6, 6.07) is 5.53. The minimum Gasteiger partial charge on any atom is -0.453 e. The van der Waals surface area contributed by atoms with E-state index in [1.807, 2.05) is 19.1 Å². The van der Waals surface area contributed by atoms with E-state index < -0.39 is 0 Å². The van der Waals surface area contributed by atoms with Crippen molar-refractivity contribution in [1.29, 1.82) is 0 Å². The summed E-state index contributed by atoms with van der Waals surface area (Å²) in [4.78, 5) is 27.9. The number of carbonyl (C=O) groups excluding carboxylic acids is 2. The van der Waals surface area contributed by atoms with Crippen molar-refractivity contribution in [2.24, 2.45) is 0 Å². The molecular formula is C15H16N4O4. The molecule has 0 spiro atoms. The van der Waals surface area contributed by atoms with Crippen LogP contribution >= 0.6 is 0 Å². The van der Waals surface area contributed by atoms with Crippen LogP contribution in [0.2, 0.25) is 0 Å². The molecule has 0 atom stereocenters. The van der Waals surface area contributed by atoms with E-state index in [0.717, 1.165) is 11.1 Å². The van der Waals surface area contributed by atoms with Crippen LogP contribution in [-0.2, 0) is 9.53 Å². The zero-order valence-electron chi connectivity index (χ0n) is 12.8. The summed E-state index contributed by atoms with van der Waals surface area (Å²) in [5.41, 5.74) is 2.39. The third kappa shape index (κ3) is 2.87. The lowest BCUT2D eigenvalue weighted by atomic mass is 10.0. The Morgan fingerprint density at radius 1 is 1.48 bits per heavy atom. The molecule has 1 aliphatic rings. The minimum atomic E-state index is -0.357. The Bertz CT molecular complexity index is 737. The van der Waals surface area contributed by atoms with Gasteiger partial charge in [0.05, 0.1) is 13.0 Å². The Kier molecular flexibility index (Phi) is 3.96. The van der Waals surface area contributed by atoms with Gasteiger partial charge in [0.25, 0.3) is 0 Å². The minimum absolute atomic E-state index is 0.0216. The van der Waals surface area contributed by atoms with Crippen LogP contribution < -0.4 is 5.32 Å². The van der Waals surface area contributed by atoms with E-state index in [9.17, 15) is 9.59 Å². The molecule has 0 bridgehead atoms. The van der Waals surface area contributed by atoms with Gasteiger partial charge in [-0.2, -0.15) is 4.98 Å². The van der Waals surface area contributed by atoms with Crippen LogP contribution in [0.15, 0.2) is 22.7 Å². The van der Waals surface area contributed by atoms with Crippen LogP contribution in [0.25, 0.3) is 11.4 Å². The monoisotopic (exact) mass is 316 g/mol. The number of likely N-dealkylation sites (tertiary alicyclic amines) is 1. The number of carbonyl (C=O) groups is 2. The van der Waals surface area contributed by atoms with E-state index in [2.05, 4.69) is 20.2 Å². The Morgan fingerprint density at radius 3 is 2.96 bits per heavy atom. The molecule has 23 heavy (non-hydrogen) atoms. The number of amides is 2. The molecule has 0 aliphatic carbocycles. The maximum Gasteiger partial charge on any atom is 0.409 e. The molecule has 1 fully saturated rings. The van der Waals surface area contributed by atoms with E-state index >= 15 is 0 Å². The molecule has 8 heteroatoms. The van der Waals surface area contributed by atoms with Crippen molar-refractivity contribution in [3.8, 4) is 11.4 Å². The number of hydrogen-bond acceptors (Lipinski definition) is 6. The predicted octanol–water partition coefficient (Wildman–Crippen LogP) is 1.78. The molecule has 2 amide bonds. The third-order valence-corrected chi connectivity index (χ3v) is 3.82. The van der Waals surface area contributed by atoms with Gasteiger partial charge in [-0.25, -0.2) is 4.79 Å². The number of aromatic nitrogens is 2. The number of nitrogens with one attached hydrogen (secondary N) is 1. The normalized spacial score (nSPS) is 14.3. The Labute approximate surface area is 132 Å². The van der Waals surface area contributed by atoms with Crippen LogP contribution in [0.3, 0.4) is 0 Å². The average molecular weight is 316 g/mol. The highest BCUT2D eigenvalue weighted by Gasteiger charge is 2.36. The molecule has 8 nitrogen and oxygen atoms in total. The highest BCUT2D eigenvalue weighted by molar-refractivity contribution is 5.76. The van der Waals surface area contributed by atoms with E-state index in [1.165, 1.54) is 7.11 Å². The third-order valence-electron chi connectivity index (χ3n) is 3.82. The van der Waals surface area contributed by atoms with Crippen molar-refractivity contribution in [2.75, 3.05) is 25.5 Å². The molecule has 1 N–H and O–H groups in total. The van der Waals surface area contributed by atoms with Crippen LogP contribution in [0, 0.1) is 6.92 Å². The lowest BCUT2D eigenvalue weighted by molar-refractivity contribution is -0.105. The second-order valence-corrected chi connectivity index (χ2v) is 5.32. The van der Waals surface area contributed by atoms with Gasteiger partial charge in [-0.3, -0.25) is 4.79 Å². The number of anilines is 1. The van der Waals surface area contributed by atoms with Crippen molar-refractivity contribution < 1.29 is 18.8 Å². The highest BCUT2D eigenvalue weighted by Crippen LogP contribution is 2.29. The molecule has 0 saturated carbocycles. The van der Waals surface area contributed by atoms with Gasteiger partial charge in [-0.05, 0) is 18.6 Å². The van der Waals surface area contributed by atoms with E-state index in [4.69, 9.17) is 4.52 Å². The number of ether oxygens (including phenoxy) is 1. The fraction of sp³-hybridized carbons (Fsp3) is 0.333. The first-order valence-electron chi connectivity index (χ1n) is 7.10. The molecule has 120 valence electrons. The van der Waals surface area contributed by atoms with Gasteiger partial charge in [0, 0.05) is 24.3 Å².